The molecular weight excluding hydrogens is 194 g/mol. The Morgan fingerprint density at radius 2 is 2.33 bits per heavy atom. The topological polar surface area (TPSA) is 58.6 Å². The highest BCUT2D eigenvalue weighted by Gasteiger charge is 2.25. The maximum absolute atomic E-state index is 11.4. The molecule has 1 aliphatic carbocycles. The van der Waals surface area contributed by atoms with Crippen LogP contribution in [0.15, 0.2) is 0 Å². The molecule has 0 bridgehead atoms. The van der Waals surface area contributed by atoms with Gasteiger partial charge in [0.2, 0.25) is 5.91 Å². The van der Waals surface area contributed by atoms with Crippen LogP contribution in [0.5, 0.6) is 0 Å². The van der Waals surface area contributed by atoms with Gasteiger partial charge in [-0.2, -0.15) is 0 Å². The van der Waals surface area contributed by atoms with Crippen molar-refractivity contribution in [2.45, 2.75) is 57.3 Å². The highest BCUT2D eigenvalue weighted by atomic mass is 16.5. The van der Waals surface area contributed by atoms with E-state index >= 15 is 0 Å². The molecule has 2 N–H and O–H groups in total. The van der Waals surface area contributed by atoms with Crippen LogP contribution in [0, 0.1) is 0 Å². The molecule has 0 spiro atoms. The number of rotatable bonds is 5. The average molecular weight is 215 g/mol. The van der Waals surface area contributed by atoms with Gasteiger partial charge in [-0.25, -0.2) is 0 Å². The first-order valence-corrected chi connectivity index (χ1v) is 5.62. The Morgan fingerprint density at radius 3 is 2.87 bits per heavy atom. The molecule has 0 aromatic heterocycles. The van der Waals surface area contributed by atoms with Crippen LogP contribution in [0.1, 0.15) is 39.0 Å². The Kier molecular flexibility index (Phi) is 5.05. The molecule has 4 heteroatoms. The third-order valence-electron chi connectivity index (χ3n) is 2.87. The van der Waals surface area contributed by atoms with Crippen LogP contribution in [0.25, 0.3) is 0 Å². The molecular formula is C11H21NO3. The number of ether oxygens (including phenoxy) is 1. The van der Waals surface area contributed by atoms with Crippen LogP contribution in [-0.4, -0.2) is 36.4 Å². The van der Waals surface area contributed by atoms with Crippen molar-refractivity contribution in [1.82, 2.24) is 5.32 Å². The summed E-state index contributed by atoms with van der Waals surface area (Å²) >= 11 is 0. The fourth-order valence-corrected chi connectivity index (χ4v) is 1.93. The van der Waals surface area contributed by atoms with Gasteiger partial charge in [0, 0.05) is 19.6 Å². The summed E-state index contributed by atoms with van der Waals surface area (Å²) in [6.07, 6.45) is 3.78. The summed E-state index contributed by atoms with van der Waals surface area (Å²) in [4.78, 5) is 11.4. The van der Waals surface area contributed by atoms with Crippen LogP contribution in [-0.2, 0) is 9.53 Å². The van der Waals surface area contributed by atoms with Gasteiger partial charge in [0.15, 0.2) is 0 Å². The van der Waals surface area contributed by atoms with Gasteiger partial charge in [-0.15, -0.1) is 0 Å². The van der Waals surface area contributed by atoms with Crippen molar-refractivity contribution in [2.75, 3.05) is 7.11 Å². The van der Waals surface area contributed by atoms with E-state index in [9.17, 15) is 4.79 Å². The largest absolute Gasteiger partial charge is 0.393 e. The quantitative estimate of drug-likeness (QED) is 0.714. The molecule has 1 amide bonds. The molecule has 1 aliphatic rings. The number of aliphatic hydroxyl groups excluding tert-OH is 1. The molecule has 1 saturated carbocycles. The van der Waals surface area contributed by atoms with Crippen LogP contribution < -0.4 is 5.32 Å². The van der Waals surface area contributed by atoms with Crippen molar-refractivity contribution >= 4 is 5.91 Å². The second-order valence-corrected chi connectivity index (χ2v) is 4.32. The van der Waals surface area contributed by atoms with Gasteiger partial charge < -0.3 is 15.2 Å². The molecule has 0 heterocycles. The van der Waals surface area contributed by atoms with Crippen LogP contribution in [0.3, 0.4) is 0 Å². The Labute approximate surface area is 91.0 Å². The number of carbonyl (C=O) groups is 1. The van der Waals surface area contributed by atoms with E-state index in [-0.39, 0.29) is 11.9 Å². The smallest absolute Gasteiger partial charge is 0.220 e. The summed E-state index contributed by atoms with van der Waals surface area (Å²) in [6.45, 7) is 1.70. The van der Waals surface area contributed by atoms with E-state index in [0.717, 1.165) is 19.3 Å². The lowest BCUT2D eigenvalue weighted by molar-refractivity contribution is -0.122. The zero-order chi connectivity index (χ0) is 11.3. The van der Waals surface area contributed by atoms with Crippen molar-refractivity contribution in [1.29, 1.82) is 0 Å². The fraction of sp³-hybridized carbons (Fsp3) is 0.909. The molecule has 3 unspecified atom stereocenters. The molecule has 4 nitrogen and oxygen atoms in total. The molecule has 1 fully saturated rings. The van der Waals surface area contributed by atoms with Crippen LogP contribution in [0.2, 0.25) is 0 Å². The van der Waals surface area contributed by atoms with Crippen molar-refractivity contribution in [3.63, 3.8) is 0 Å². The van der Waals surface area contributed by atoms with E-state index < -0.39 is 6.10 Å². The summed E-state index contributed by atoms with van der Waals surface area (Å²) < 4.78 is 5.23. The van der Waals surface area contributed by atoms with Crippen molar-refractivity contribution < 1.29 is 14.6 Å². The normalized spacial score (nSPS) is 27.7. The van der Waals surface area contributed by atoms with Crippen molar-refractivity contribution in [2.24, 2.45) is 0 Å². The Morgan fingerprint density at radius 1 is 1.60 bits per heavy atom. The van der Waals surface area contributed by atoms with Crippen LogP contribution in [0.4, 0.5) is 0 Å². The first-order chi connectivity index (χ1) is 7.11. The van der Waals surface area contributed by atoms with Gasteiger partial charge in [0.25, 0.3) is 0 Å². The van der Waals surface area contributed by atoms with E-state index in [4.69, 9.17) is 9.84 Å². The summed E-state index contributed by atoms with van der Waals surface area (Å²) in [7, 11) is 1.71. The predicted octanol–water partition coefficient (Wildman–Crippen LogP) is 0.831. The molecule has 0 radical (unpaired) electrons. The van der Waals surface area contributed by atoms with Crippen molar-refractivity contribution in [3.05, 3.63) is 0 Å². The molecule has 1 rings (SSSR count). The highest BCUT2D eigenvalue weighted by Crippen LogP contribution is 2.21. The second-order valence-electron chi connectivity index (χ2n) is 4.32. The molecule has 0 aliphatic heterocycles. The molecule has 0 aromatic rings. The Balaban J connectivity index is 2.16. The maximum Gasteiger partial charge on any atom is 0.220 e. The van der Waals surface area contributed by atoms with E-state index in [1.807, 2.05) is 0 Å². The van der Waals surface area contributed by atoms with Gasteiger partial charge in [-0.3, -0.25) is 4.79 Å². The highest BCUT2D eigenvalue weighted by molar-refractivity contribution is 5.76. The van der Waals surface area contributed by atoms with Crippen molar-refractivity contribution in [3.8, 4) is 0 Å². The lowest BCUT2D eigenvalue weighted by Crippen LogP contribution is -2.33. The van der Waals surface area contributed by atoms with Gasteiger partial charge in [0.1, 0.15) is 0 Å². The van der Waals surface area contributed by atoms with Crippen LogP contribution >= 0.6 is 0 Å². The van der Waals surface area contributed by atoms with E-state index in [0.29, 0.717) is 18.9 Å². The summed E-state index contributed by atoms with van der Waals surface area (Å²) in [5.41, 5.74) is 0. The van der Waals surface area contributed by atoms with E-state index in [1.54, 1.807) is 14.0 Å². The third-order valence-corrected chi connectivity index (χ3v) is 2.87. The monoisotopic (exact) mass is 215 g/mol. The number of hydrogen-bond acceptors (Lipinski definition) is 3. The number of carbonyl (C=O) groups excluding carboxylic acids is 1. The molecule has 3 atom stereocenters. The first kappa shape index (κ1) is 12.5. The molecule has 0 saturated heterocycles. The number of hydrogen-bond donors (Lipinski definition) is 2. The number of methoxy groups -OCH3 is 1. The zero-order valence-electron chi connectivity index (χ0n) is 9.53. The van der Waals surface area contributed by atoms with E-state index in [1.165, 1.54) is 0 Å². The SMILES string of the molecule is COC1CCC(NC(=O)CCC(C)O)C1. The van der Waals surface area contributed by atoms with Gasteiger partial charge in [-0.1, -0.05) is 0 Å². The van der Waals surface area contributed by atoms with E-state index in [2.05, 4.69) is 5.32 Å². The molecule has 88 valence electrons. The number of amides is 1. The maximum atomic E-state index is 11.4. The Bertz CT molecular complexity index is 206. The molecule has 0 aromatic carbocycles. The second kappa shape index (κ2) is 6.08. The average Bonchev–Trinajstić information content (AvgIpc) is 2.62. The lowest BCUT2D eigenvalue weighted by atomic mass is 10.2. The van der Waals surface area contributed by atoms with Gasteiger partial charge >= 0.3 is 0 Å². The first-order valence-electron chi connectivity index (χ1n) is 5.62. The fourth-order valence-electron chi connectivity index (χ4n) is 1.93. The minimum atomic E-state index is -0.397. The standard InChI is InChI=1S/C11H21NO3/c1-8(13)3-6-11(14)12-9-4-5-10(7-9)15-2/h8-10,13H,3-7H2,1-2H3,(H,12,14). The number of nitrogens with one attached hydrogen (secondary N) is 1. The van der Waals surface area contributed by atoms with Gasteiger partial charge in [0.05, 0.1) is 12.2 Å². The lowest BCUT2D eigenvalue weighted by Gasteiger charge is -2.13. The summed E-state index contributed by atoms with van der Waals surface area (Å²) in [5, 5.41) is 12.0. The minimum Gasteiger partial charge on any atom is -0.393 e. The number of aliphatic hydroxyl groups is 1. The summed E-state index contributed by atoms with van der Waals surface area (Å²) in [5.74, 6) is 0.0395. The van der Waals surface area contributed by atoms with Gasteiger partial charge in [-0.05, 0) is 32.6 Å². The zero-order valence-corrected chi connectivity index (χ0v) is 9.53. The third kappa shape index (κ3) is 4.62. The minimum absolute atomic E-state index is 0.0395. The Hall–Kier alpha value is -0.610. The molecule has 15 heavy (non-hydrogen) atoms. The summed E-state index contributed by atoms with van der Waals surface area (Å²) in [6, 6.07) is 0.261. The predicted molar refractivity (Wildman–Crippen MR) is 57.5 cm³/mol.